The molecule has 0 unspecified atom stereocenters. The number of hydrogen-bond donors (Lipinski definition) is 2. The first-order chi connectivity index (χ1) is 18.5. The summed E-state index contributed by atoms with van der Waals surface area (Å²) in [5, 5.41) is 9.66. The zero-order chi connectivity index (χ0) is 26.6. The number of aryl methyl sites for hydroxylation is 1. The van der Waals surface area contributed by atoms with Crippen LogP contribution in [0.15, 0.2) is 36.8 Å². The van der Waals surface area contributed by atoms with Gasteiger partial charge in [0.15, 0.2) is 23.2 Å². The monoisotopic (exact) mass is 534 g/mol. The van der Waals surface area contributed by atoms with Crippen molar-refractivity contribution < 1.29 is 9.53 Å². The molecule has 13 heteroatoms. The van der Waals surface area contributed by atoms with Gasteiger partial charge in [-0.05, 0) is 38.1 Å². The van der Waals surface area contributed by atoms with Gasteiger partial charge in [-0.25, -0.2) is 20.8 Å². The van der Waals surface area contributed by atoms with E-state index in [9.17, 15) is 4.79 Å². The smallest absolute Gasteiger partial charge is 0.208 e. The minimum Gasteiger partial charge on any atom is -0.494 e. The Bertz CT molecular complexity index is 1430. The number of hydrogen-bond acceptors (Lipinski definition) is 12. The average Bonchev–Trinajstić information content (AvgIpc) is 3.71. The van der Waals surface area contributed by atoms with Crippen LogP contribution in [0.2, 0.25) is 0 Å². The number of hydrazine groups is 1. The molecule has 5 rings (SSSR count). The van der Waals surface area contributed by atoms with Gasteiger partial charge >= 0.3 is 0 Å². The van der Waals surface area contributed by atoms with Gasteiger partial charge in [-0.1, -0.05) is 13.0 Å². The van der Waals surface area contributed by atoms with E-state index >= 15 is 0 Å². The molecular weight excluding hydrogens is 504 g/mol. The van der Waals surface area contributed by atoms with Crippen LogP contribution in [0.1, 0.15) is 42.4 Å². The van der Waals surface area contributed by atoms with Crippen LogP contribution in [-0.2, 0) is 13.6 Å². The lowest BCUT2D eigenvalue weighted by molar-refractivity contribution is 0.0988. The summed E-state index contributed by atoms with van der Waals surface area (Å²) in [4.78, 5) is 28.6. The third kappa shape index (κ3) is 5.35. The number of nitrogens with two attached hydrogens (primary N) is 1. The number of carbonyl (C=O) groups excluding carboxylic acids is 1. The number of nitrogens with one attached hydrogen (secondary N) is 1. The summed E-state index contributed by atoms with van der Waals surface area (Å²) >= 11 is 1.27. The molecular formula is C25H30N10O2S. The maximum Gasteiger partial charge on any atom is 0.208 e. The second-order valence-electron chi connectivity index (χ2n) is 8.96. The fourth-order valence-electron chi connectivity index (χ4n) is 4.43. The van der Waals surface area contributed by atoms with Crippen molar-refractivity contribution >= 4 is 39.6 Å². The molecule has 1 aliphatic rings. The molecule has 12 nitrogen and oxygen atoms in total. The van der Waals surface area contributed by atoms with Gasteiger partial charge in [0.2, 0.25) is 5.13 Å². The first kappa shape index (κ1) is 25.7. The standard InChI is InChI=1S/C25H30N10O2S/c1-4-20(36)17-13-27-21(29-25-30-22(32-38-25)14-34-10-5-6-11-34)12-19(17)35(26)18-9-7-8-16(23(18)37-3)24-28-15-33(2)31-24/h7-9,12-13,15H,4-6,10-11,14,26H2,1-3H3,(H,27,29,30,32). The number of likely N-dealkylation sites (tertiary alicyclic amines) is 1. The first-order valence-corrected chi connectivity index (χ1v) is 13.2. The molecule has 0 amide bonds. The van der Waals surface area contributed by atoms with Crippen LogP contribution in [0.25, 0.3) is 11.4 Å². The highest BCUT2D eigenvalue weighted by molar-refractivity contribution is 7.09. The van der Waals surface area contributed by atoms with Crippen molar-refractivity contribution in [2.45, 2.75) is 32.7 Å². The van der Waals surface area contributed by atoms with E-state index in [0.717, 1.165) is 25.5 Å². The summed E-state index contributed by atoms with van der Waals surface area (Å²) in [5.74, 6) is 8.84. The molecule has 0 saturated carbocycles. The molecule has 1 fully saturated rings. The second kappa shape index (κ2) is 11.2. The first-order valence-electron chi connectivity index (χ1n) is 12.4. The maximum atomic E-state index is 12.8. The predicted molar refractivity (Wildman–Crippen MR) is 146 cm³/mol. The van der Waals surface area contributed by atoms with Crippen molar-refractivity contribution in [1.29, 1.82) is 0 Å². The Balaban J connectivity index is 1.47. The number of carbonyl (C=O) groups is 1. The van der Waals surface area contributed by atoms with Crippen molar-refractivity contribution in [2.24, 2.45) is 12.9 Å². The summed E-state index contributed by atoms with van der Waals surface area (Å²) in [7, 11) is 3.36. The van der Waals surface area contributed by atoms with Crippen LogP contribution < -0.4 is 20.9 Å². The molecule has 0 bridgehead atoms. The molecule has 0 spiro atoms. The van der Waals surface area contributed by atoms with E-state index in [2.05, 4.69) is 34.6 Å². The van der Waals surface area contributed by atoms with E-state index < -0.39 is 0 Å². The summed E-state index contributed by atoms with van der Waals surface area (Å²) in [6, 6.07) is 7.25. The third-order valence-corrected chi connectivity index (χ3v) is 7.00. The minimum atomic E-state index is -0.0835. The summed E-state index contributed by atoms with van der Waals surface area (Å²) in [5.41, 5.74) is 2.09. The Morgan fingerprint density at radius 1 is 1.24 bits per heavy atom. The lowest BCUT2D eigenvalue weighted by Crippen LogP contribution is -2.28. The highest BCUT2D eigenvalue weighted by atomic mass is 32.1. The van der Waals surface area contributed by atoms with Gasteiger partial charge in [-0.2, -0.15) is 9.47 Å². The Morgan fingerprint density at radius 2 is 2.05 bits per heavy atom. The second-order valence-corrected chi connectivity index (χ2v) is 9.71. The number of Topliss-reactive ketones (excluding diaryl/α,β-unsaturated/α-hetero) is 1. The number of nitrogens with zero attached hydrogens (tertiary/aromatic N) is 8. The average molecular weight is 535 g/mol. The highest BCUT2D eigenvalue weighted by Crippen LogP contribution is 2.40. The summed E-state index contributed by atoms with van der Waals surface area (Å²) < 4.78 is 11.8. The van der Waals surface area contributed by atoms with Crippen molar-refractivity contribution in [3.8, 4) is 17.1 Å². The number of para-hydroxylation sites is 1. The van der Waals surface area contributed by atoms with Gasteiger partial charge in [-0.15, -0.1) is 0 Å². The topological polar surface area (TPSA) is 140 Å². The molecule has 3 N–H and O–H groups in total. The van der Waals surface area contributed by atoms with Crippen molar-refractivity contribution in [3.63, 3.8) is 0 Å². The van der Waals surface area contributed by atoms with E-state index in [4.69, 9.17) is 10.6 Å². The van der Waals surface area contributed by atoms with Crippen LogP contribution in [-0.4, -0.2) is 60.0 Å². The van der Waals surface area contributed by atoms with E-state index in [1.807, 2.05) is 18.2 Å². The van der Waals surface area contributed by atoms with Gasteiger partial charge in [0.25, 0.3) is 0 Å². The molecule has 1 aliphatic heterocycles. The lowest BCUT2D eigenvalue weighted by atomic mass is 10.1. The van der Waals surface area contributed by atoms with Gasteiger partial charge in [-0.3, -0.25) is 19.4 Å². The van der Waals surface area contributed by atoms with E-state index in [0.29, 0.717) is 51.4 Å². The normalized spacial score (nSPS) is 13.6. The predicted octanol–water partition coefficient (Wildman–Crippen LogP) is 3.68. The molecule has 4 aromatic rings. The number of pyridine rings is 1. The molecule has 0 atom stereocenters. The number of benzene rings is 1. The van der Waals surface area contributed by atoms with Gasteiger partial charge < -0.3 is 10.1 Å². The van der Waals surface area contributed by atoms with Crippen LogP contribution in [0.5, 0.6) is 5.75 Å². The SMILES string of the molecule is CCC(=O)c1cnc(Nc2nc(CN3CCCC3)ns2)cc1N(N)c1cccc(-c2ncn(C)n2)c1OC. The van der Waals surface area contributed by atoms with Crippen LogP contribution in [0.4, 0.5) is 22.3 Å². The molecule has 4 heterocycles. The van der Waals surface area contributed by atoms with Crippen LogP contribution >= 0.6 is 11.5 Å². The van der Waals surface area contributed by atoms with E-state index in [1.54, 1.807) is 38.2 Å². The third-order valence-electron chi connectivity index (χ3n) is 6.33. The zero-order valence-corrected chi connectivity index (χ0v) is 22.4. The molecule has 0 radical (unpaired) electrons. The maximum absolute atomic E-state index is 12.8. The minimum absolute atomic E-state index is 0.0835. The van der Waals surface area contributed by atoms with Crippen LogP contribution in [0.3, 0.4) is 0 Å². The number of anilines is 4. The number of ether oxygens (including phenoxy) is 1. The number of ketones is 1. The molecule has 38 heavy (non-hydrogen) atoms. The Labute approximate surface area is 224 Å². The Morgan fingerprint density at radius 3 is 2.76 bits per heavy atom. The van der Waals surface area contributed by atoms with Crippen molar-refractivity contribution in [1.82, 2.24) is 34.0 Å². The quantitative estimate of drug-likeness (QED) is 0.175. The summed E-state index contributed by atoms with van der Waals surface area (Å²) in [6.45, 7) is 4.69. The lowest BCUT2D eigenvalue weighted by Gasteiger charge is -2.24. The largest absolute Gasteiger partial charge is 0.494 e. The molecule has 0 aliphatic carbocycles. The van der Waals surface area contributed by atoms with Crippen molar-refractivity contribution in [2.75, 3.05) is 30.5 Å². The zero-order valence-electron chi connectivity index (χ0n) is 21.6. The number of rotatable bonds is 10. The van der Waals surface area contributed by atoms with Gasteiger partial charge in [0, 0.05) is 37.3 Å². The highest BCUT2D eigenvalue weighted by Gasteiger charge is 2.23. The molecule has 1 saturated heterocycles. The number of methoxy groups -OCH3 is 1. The Kier molecular flexibility index (Phi) is 7.58. The molecule has 3 aromatic heterocycles. The van der Waals surface area contributed by atoms with Gasteiger partial charge in [0.05, 0.1) is 30.5 Å². The summed E-state index contributed by atoms with van der Waals surface area (Å²) in [6.07, 6.45) is 5.89. The molecule has 1 aromatic carbocycles. The van der Waals surface area contributed by atoms with Gasteiger partial charge in [0.1, 0.15) is 17.8 Å². The Hall–Kier alpha value is -3.94. The fourth-order valence-corrected chi connectivity index (χ4v) is 5.02. The number of aromatic nitrogens is 6. The van der Waals surface area contributed by atoms with Crippen molar-refractivity contribution in [3.05, 3.63) is 48.2 Å². The fraction of sp³-hybridized carbons (Fsp3) is 0.360. The van der Waals surface area contributed by atoms with Crippen LogP contribution in [0, 0.1) is 0 Å². The van der Waals surface area contributed by atoms with E-state index in [-0.39, 0.29) is 5.78 Å². The van der Waals surface area contributed by atoms with E-state index in [1.165, 1.54) is 35.6 Å². The molecule has 198 valence electrons.